The van der Waals surface area contributed by atoms with Crippen LogP contribution in [0.1, 0.15) is 5.56 Å². The zero-order chi connectivity index (χ0) is 16.0. The Morgan fingerprint density at radius 2 is 1.86 bits per heavy atom. The van der Waals surface area contributed by atoms with Crippen molar-refractivity contribution in [1.82, 2.24) is 4.98 Å². The number of benzene rings is 1. The van der Waals surface area contributed by atoms with Gasteiger partial charge in [-0.1, -0.05) is 18.2 Å². The van der Waals surface area contributed by atoms with Crippen molar-refractivity contribution in [3.8, 4) is 0 Å². The molecule has 0 aliphatic heterocycles. The minimum Gasteiger partial charge on any atom is -0.307 e. The van der Waals surface area contributed by atoms with Gasteiger partial charge in [-0.05, 0) is 47.7 Å². The second kappa shape index (κ2) is 7.13. The lowest BCUT2D eigenvalue weighted by Crippen LogP contribution is -2.08. The summed E-state index contributed by atoms with van der Waals surface area (Å²) < 4.78 is 36.6. The molecule has 1 aromatic carbocycles. The molecule has 7 heteroatoms. The lowest BCUT2D eigenvalue weighted by molar-refractivity contribution is -0.111. The van der Waals surface area contributed by atoms with E-state index >= 15 is 0 Å². The molecule has 0 spiro atoms. The lowest BCUT2D eigenvalue weighted by Gasteiger charge is -2.05. The van der Waals surface area contributed by atoms with Crippen LogP contribution in [0.3, 0.4) is 0 Å². The van der Waals surface area contributed by atoms with E-state index in [0.717, 1.165) is 0 Å². The SMILES string of the molecule is O=C(C=Cc1ccc(SC(F)(F)F)cc1)Nc1ccccn1. The largest absolute Gasteiger partial charge is 0.446 e. The van der Waals surface area contributed by atoms with Crippen LogP contribution in [0.4, 0.5) is 19.0 Å². The Morgan fingerprint density at radius 3 is 2.45 bits per heavy atom. The van der Waals surface area contributed by atoms with E-state index in [2.05, 4.69) is 10.3 Å². The number of nitrogens with zero attached hydrogens (tertiary/aromatic N) is 1. The maximum Gasteiger partial charge on any atom is 0.446 e. The summed E-state index contributed by atoms with van der Waals surface area (Å²) in [5.41, 5.74) is -3.68. The Hall–Kier alpha value is -2.28. The average molecular weight is 324 g/mol. The first-order chi connectivity index (χ1) is 10.4. The van der Waals surface area contributed by atoms with Crippen LogP contribution >= 0.6 is 11.8 Å². The van der Waals surface area contributed by atoms with E-state index in [0.29, 0.717) is 11.4 Å². The van der Waals surface area contributed by atoms with Gasteiger partial charge in [0.1, 0.15) is 5.82 Å². The summed E-state index contributed by atoms with van der Waals surface area (Å²) in [6.07, 6.45) is 4.36. The van der Waals surface area contributed by atoms with Crippen molar-refractivity contribution in [3.63, 3.8) is 0 Å². The van der Waals surface area contributed by atoms with Crippen molar-refractivity contribution in [1.29, 1.82) is 0 Å². The van der Waals surface area contributed by atoms with Gasteiger partial charge in [-0.3, -0.25) is 4.79 Å². The number of aromatic nitrogens is 1. The van der Waals surface area contributed by atoms with Crippen LogP contribution in [0.2, 0.25) is 0 Å². The Labute approximate surface area is 129 Å². The number of carbonyl (C=O) groups excluding carboxylic acids is 1. The fourth-order valence-corrected chi connectivity index (χ4v) is 2.10. The molecule has 0 unspecified atom stereocenters. The van der Waals surface area contributed by atoms with Crippen LogP contribution < -0.4 is 5.32 Å². The van der Waals surface area contributed by atoms with E-state index < -0.39 is 5.51 Å². The molecule has 1 amide bonds. The fraction of sp³-hybridized carbons (Fsp3) is 0.0667. The summed E-state index contributed by atoms with van der Waals surface area (Å²) in [6, 6.07) is 10.9. The molecule has 0 aliphatic carbocycles. The molecule has 1 N–H and O–H groups in total. The van der Waals surface area contributed by atoms with Gasteiger partial charge in [0.05, 0.1) is 0 Å². The highest BCUT2D eigenvalue weighted by Gasteiger charge is 2.28. The average Bonchev–Trinajstić information content (AvgIpc) is 2.46. The number of nitrogens with one attached hydrogen (secondary N) is 1. The van der Waals surface area contributed by atoms with E-state index in [1.165, 1.54) is 36.4 Å². The molecule has 0 saturated carbocycles. The molecular formula is C15H11F3N2OS. The van der Waals surface area contributed by atoms with Crippen LogP contribution in [0.15, 0.2) is 59.6 Å². The minimum atomic E-state index is -4.31. The summed E-state index contributed by atoms with van der Waals surface area (Å²) in [6.45, 7) is 0. The third kappa shape index (κ3) is 5.61. The molecule has 0 fully saturated rings. The Bertz CT molecular complexity index is 655. The summed E-state index contributed by atoms with van der Waals surface area (Å²) in [7, 11) is 0. The highest BCUT2D eigenvalue weighted by Crippen LogP contribution is 2.36. The highest BCUT2D eigenvalue weighted by atomic mass is 32.2. The lowest BCUT2D eigenvalue weighted by atomic mass is 10.2. The Balaban J connectivity index is 1.94. The van der Waals surface area contributed by atoms with E-state index in [1.54, 1.807) is 24.4 Å². The van der Waals surface area contributed by atoms with Gasteiger partial charge in [0.15, 0.2) is 0 Å². The van der Waals surface area contributed by atoms with Gasteiger partial charge in [-0.2, -0.15) is 13.2 Å². The number of halogens is 3. The topological polar surface area (TPSA) is 42.0 Å². The maximum absolute atomic E-state index is 12.2. The molecule has 114 valence electrons. The number of thioether (sulfide) groups is 1. The van der Waals surface area contributed by atoms with Gasteiger partial charge in [-0.15, -0.1) is 0 Å². The number of pyridine rings is 1. The monoisotopic (exact) mass is 324 g/mol. The minimum absolute atomic E-state index is 0.0996. The number of amides is 1. The zero-order valence-corrected chi connectivity index (χ0v) is 12.0. The van der Waals surface area contributed by atoms with Crippen molar-refractivity contribution in [3.05, 3.63) is 60.3 Å². The molecule has 0 radical (unpaired) electrons. The molecule has 1 aromatic heterocycles. The van der Waals surface area contributed by atoms with E-state index in [4.69, 9.17) is 0 Å². The first-order valence-corrected chi connectivity index (χ1v) is 7.00. The molecule has 3 nitrogen and oxygen atoms in total. The first kappa shape index (κ1) is 16.1. The van der Waals surface area contributed by atoms with Crippen LogP contribution in [0.5, 0.6) is 0 Å². The third-order valence-electron chi connectivity index (χ3n) is 2.46. The molecule has 2 aromatic rings. The van der Waals surface area contributed by atoms with Gasteiger partial charge in [0, 0.05) is 17.2 Å². The summed E-state index contributed by atoms with van der Waals surface area (Å²) in [5.74, 6) is 0.0570. The summed E-state index contributed by atoms with van der Waals surface area (Å²) in [4.78, 5) is 15.7. The number of alkyl halides is 3. The molecule has 0 saturated heterocycles. The van der Waals surface area contributed by atoms with E-state index in [-0.39, 0.29) is 22.6 Å². The van der Waals surface area contributed by atoms with E-state index in [1.807, 2.05) is 0 Å². The van der Waals surface area contributed by atoms with Gasteiger partial charge < -0.3 is 5.32 Å². The molecule has 22 heavy (non-hydrogen) atoms. The van der Waals surface area contributed by atoms with Crippen molar-refractivity contribution in [2.24, 2.45) is 0 Å². The molecule has 0 bridgehead atoms. The van der Waals surface area contributed by atoms with Crippen LogP contribution in [-0.2, 0) is 4.79 Å². The van der Waals surface area contributed by atoms with Crippen molar-refractivity contribution < 1.29 is 18.0 Å². The smallest absolute Gasteiger partial charge is 0.307 e. The maximum atomic E-state index is 12.2. The third-order valence-corrected chi connectivity index (χ3v) is 3.20. The number of anilines is 1. The standard InChI is InChI=1S/C15H11F3N2OS/c16-15(17,18)22-12-7-4-11(5-8-12)6-9-14(21)20-13-3-1-2-10-19-13/h1-10H,(H,19,20,21). The van der Waals surface area contributed by atoms with Crippen molar-refractivity contribution in [2.45, 2.75) is 10.4 Å². The van der Waals surface area contributed by atoms with E-state index in [9.17, 15) is 18.0 Å². The summed E-state index contributed by atoms with van der Waals surface area (Å²) >= 11 is -0.176. The fourth-order valence-electron chi connectivity index (χ4n) is 1.56. The van der Waals surface area contributed by atoms with Gasteiger partial charge in [-0.25, -0.2) is 4.98 Å². The first-order valence-electron chi connectivity index (χ1n) is 6.18. The molecule has 0 atom stereocenters. The predicted molar refractivity (Wildman–Crippen MR) is 80.3 cm³/mol. The predicted octanol–water partition coefficient (Wildman–Crippen LogP) is 4.35. The van der Waals surface area contributed by atoms with Crippen LogP contribution in [0, 0.1) is 0 Å². The number of carbonyl (C=O) groups is 1. The number of rotatable bonds is 4. The highest BCUT2D eigenvalue weighted by molar-refractivity contribution is 8.00. The summed E-state index contributed by atoms with van der Waals surface area (Å²) in [5, 5.41) is 2.56. The Kier molecular flexibility index (Phi) is 5.21. The number of hydrogen-bond acceptors (Lipinski definition) is 3. The molecule has 1 heterocycles. The second-order valence-corrected chi connectivity index (χ2v) is 5.29. The van der Waals surface area contributed by atoms with Gasteiger partial charge >= 0.3 is 5.51 Å². The van der Waals surface area contributed by atoms with Crippen LogP contribution in [-0.4, -0.2) is 16.4 Å². The second-order valence-electron chi connectivity index (χ2n) is 4.15. The molecule has 0 aliphatic rings. The molecule has 2 rings (SSSR count). The molecular weight excluding hydrogens is 313 g/mol. The van der Waals surface area contributed by atoms with Crippen LogP contribution in [0.25, 0.3) is 6.08 Å². The van der Waals surface area contributed by atoms with Crippen molar-refractivity contribution >= 4 is 29.6 Å². The Morgan fingerprint density at radius 1 is 1.14 bits per heavy atom. The van der Waals surface area contributed by atoms with Crippen molar-refractivity contribution in [2.75, 3.05) is 5.32 Å². The zero-order valence-electron chi connectivity index (χ0n) is 11.2. The van der Waals surface area contributed by atoms with Gasteiger partial charge in [0.2, 0.25) is 5.91 Å². The van der Waals surface area contributed by atoms with Gasteiger partial charge in [0.25, 0.3) is 0 Å². The normalized spacial score (nSPS) is 11.6. The quantitative estimate of drug-likeness (QED) is 0.672. The number of hydrogen-bond donors (Lipinski definition) is 1.